The molecule has 11 nitrogen and oxygen atoms in total. The van der Waals surface area contributed by atoms with E-state index in [4.69, 9.17) is 29.0 Å². The quantitative estimate of drug-likeness (QED) is 0.363. The molecule has 0 spiro atoms. The van der Waals surface area contributed by atoms with Crippen molar-refractivity contribution in [3.63, 3.8) is 0 Å². The number of hydrogen-bond acceptors (Lipinski definition) is 9. The van der Waals surface area contributed by atoms with Crippen molar-refractivity contribution in [3.05, 3.63) is 47.9 Å². The number of ether oxygens (including phenoxy) is 4. The molecule has 11 heteroatoms. The summed E-state index contributed by atoms with van der Waals surface area (Å²) < 4.78 is 24.3. The Morgan fingerprint density at radius 2 is 1.62 bits per heavy atom. The highest BCUT2D eigenvalue weighted by Crippen LogP contribution is 2.42. The van der Waals surface area contributed by atoms with Gasteiger partial charge in [-0.2, -0.15) is 4.98 Å². The fraction of sp³-hybridized carbons (Fsp3) is 0.308. The molecule has 4 rings (SSSR count). The zero-order valence-corrected chi connectivity index (χ0v) is 21.9. The Morgan fingerprint density at radius 3 is 2.19 bits per heavy atom. The highest BCUT2D eigenvalue weighted by Gasteiger charge is 2.20. The van der Waals surface area contributed by atoms with Crippen LogP contribution in [-0.4, -0.2) is 72.4 Å². The molecule has 1 amide bonds. The smallest absolute Gasteiger partial charge is 0.249 e. The van der Waals surface area contributed by atoms with Crippen molar-refractivity contribution in [1.29, 1.82) is 0 Å². The van der Waals surface area contributed by atoms with E-state index in [-0.39, 0.29) is 5.91 Å². The monoisotopic (exact) mass is 506 g/mol. The number of rotatable bonds is 9. The number of anilines is 1. The average Bonchev–Trinajstić information content (AvgIpc) is 3.16. The predicted octanol–water partition coefficient (Wildman–Crippen LogP) is 3.73. The molecule has 1 N–H and O–H groups in total. The molecule has 2 heterocycles. The molecule has 0 aliphatic rings. The maximum Gasteiger partial charge on any atom is 0.249 e. The molecule has 2 aromatic heterocycles. The number of hydrogen-bond donors (Lipinski definition) is 1. The number of methoxy groups -OCH3 is 3. The number of amides is 1. The third-order valence-corrected chi connectivity index (χ3v) is 5.53. The minimum atomic E-state index is -0.0963. The Hall–Kier alpha value is -4.38. The first-order valence-corrected chi connectivity index (χ1v) is 11.5. The Morgan fingerprint density at radius 1 is 0.973 bits per heavy atom. The number of nitrogens with zero attached hydrogens (tertiary/aromatic N) is 5. The lowest BCUT2D eigenvalue weighted by Crippen LogP contribution is -2.27. The van der Waals surface area contributed by atoms with Crippen molar-refractivity contribution >= 4 is 17.1 Å². The summed E-state index contributed by atoms with van der Waals surface area (Å²) in [6.45, 7) is 4.03. The molecule has 0 unspecified atom stereocenters. The van der Waals surface area contributed by atoms with Crippen molar-refractivity contribution in [3.8, 4) is 40.3 Å². The molecule has 0 saturated carbocycles. The van der Waals surface area contributed by atoms with Crippen LogP contribution < -0.4 is 24.3 Å². The van der Waals surface area contributed by atoms with E-state index in [1.165, 1.54) is 0 Å². The van der Waals surface area contributed by atoms with Crippen molar-refractivity contribution in [1.82, 2.24) is 24.5 Å². The minimum Gasteiger partial charge on any atom is -0.493 e. The van der Waals surface area contributed by atoms with Crippen LogP contribution in [-0.2, 0) is 4.79 Å². The van der Waals surface area contributed by atoms with Gasteiger partial charge in [0, 0.05) is 23.4 Å². The van der Waals surface area contributed by atoms with Gasteiger partial charge in [-0.1, -0.05) is 0 Å². The Balaban J connectivity index is 1.74. The predicted molar refractivity (Wildman–Crippen MR) is 139 cm³/mol. The molecule has 0 fully saturated rings. The van der Waals surface area contributed by atoms with Crippen LogP contribution in [0.3, 0.4) is 0 Å². The number of nitrogens with one attached hydrogen (secondary N) is 1. The van der Waals surface area contributed by atoms with Gasteiger partial charge in [-0.3, -0.25) is 4.79 Å². The van der Waals surface area contributed by atoms with E-state index in [0.717, 1.165) is 11.3 Å². The number of likely N-dealkylation sites (N-methyl/N-ethyl adjacent to an activating group) is 1. The summed E-state index contributed by atoms with van der Waals surface area (Å²) >= 11 is 0. The highest BCUT2D eigenvalue weighted by molar-refractivity contribution is 5.92. The van der Waals surface area contributed by atoms with E-state index < -0.39 is 0 Å². The van der Waals surface area contributed by atoms with E-state index >= 15 is 0 Å². The van der Waals surface area contributed by atoms with Crippen molar-refractivity contribution in [2.75, 3.05) is 47.3 Å². The molecule has 0 bridgehead atoms. The summed E-state index contributed by atoms with van der Waals surface area (Å²) in [5.41, 5.74) is 2.79. The van der Waals surface area contributed by atoms with Gasteiger partial charge in [0.15, 0.2) is 22.8 Å². The Labute approximate surface area is 215 Å². The maximum atomic E-state index is 12.1. The van der Waals surface area contributed by atoms with E-state index in [1.807, 2.05) is 52.2 Å². The second kappa shape index (κ2) is 10.7. The van der Waals surface area contributed by atoms with Gasteiger partial charge in [0.1, 0.15) is 11.6 Å². The summed E-state index contributed by atoms with van der Waals surface area (Å²) in [5.74, 6) is 3.16. The Bertz CT molecular complexity index is 1410. The summed E-state index contributed by atoms with van der Waals surface area (Å²) in [4.78, 5) is 23.2. The van der Waals surface area contributed by atoms with Crippen LogP contribution in [0.1, 0.15) is 11.5 Å². The molecule has 2 aromatic carbocycles. The summed E-state index contributed by atoms with van der Waals surface area (Å²) in [5, 5.41) is 7.57. The SMILES string of the molecule is COc1cc(Oc2nc(-c3ccc(NC(=O)CN(C)C)cc3)nn3c(C)nc(C)c23)cc(OC)c1OC. The fourth-order valence-corrected chi connectivity index (χ4v) is 3.90. The second-order valence-corrected chi connectivity index (χ2v) is 8.57. The number of carbonyl (C=O) groups excluding carboxylic acids is 1. The number of carbonyl (C=O) groups is 1. The van der Waals surface area contributed by atoms with E-state index in [0.29, 0.717) is 58.3 Å². The van der Waals surface area contributed by atoms with E-state index in [9.17, 15) is 4.79 Å². The van der Waals surface area contributed by atoms with Crippen LogP contribution in [0.2, 0.25) is 0 Å². The lowest BCUT2D eigenvalue weighted by Gasteiger charge is -2.15. The molecule has 0 radical (unpaired) electrons. The highest BCUT2D eigenvalue weighted by atomic mass is 16.5. The second-order valence-electron chi connectivity index (χ2n) is 8.57. The molecule has 194 valence electrons. The molecule has 0 aliphatic carbocycles. The van der Waals surface area contributed by atoms with Crippen LogP contribution in [0.4, 0.5) is 5.69 Å². The number of aryl methyl sites for hydroxylation is 2. The van der Waals surface area contributed by atoms with Crippen LogP contribution in [0.15, 0.2) is 36.4 Å². The third-order valence-electron chi connectivity index (χ3n) is 5.53. The largest absolute Gasteiger partial charge is 0.493 e. The lowest BCUT2D eigenvalue weighted by atomic mass is 10.2. The number of fused-ring (bicyclic) bond motifs is 1. The molecule has 4 aromatic rings. The number of aromatic nitrogens is 4. The van der Waals surface area contributed by atoms with Crippen LogP contribution >= 0.6 is 0 Å². The minimum absolute atomic E-state index is 0.0963. The number of imidazole rings is 1. The summed E-state index contributed by atoms with van der Waals surface area (Å²) in [6, 6.07) is 10.7. The first kappa shape index (κ1) is 25.7. The van der Waals surface area contributed by atoms with E-state index in [2.05, 4.69) is 10.3 Å². The molecular formula is C26H30N6O5. The van der Waals surface area contributed by atoms with Crippen LogP contribution in [0.25, 0.3) is 16.9 Å². The summed E-state index contributed by atoms with van der Waals surface area (Å²) in [7, 11) is 8.30. The van der Waals surface area contributed by atoms with Crippen LogP contribution in [0, 0.1) is 13.8 Å². The van der Waals surface area contributed by atoms with Crippen molar-refractivity contribution in [2.45, 2.75) is 13.8 Å². The van der Waals surface area contributed by atoms with Gasteiger partial charge < -0.3 is 29.2 Å². The fourth-order valence-electron chi connectivity index (χ4n) is 3.90. The zero-order chi connectivity index (χ0) is 26.7. The van der Waals surface area contributed by atoms with Gasteiger partial charge in [-0.25, -0.2) is 9.50 Å². The molecular weight excluding hydrogens is 476 g/mol. The van der Waals surface area contributed by atoms with Crippen LogP contribution in [0.5, 0.6) is 28.9 Å². The molecule has 37 heavy (non-hydrogen) atoms. The molecule has 0 aliphatic heterocycles. The van der Waals surface area contributed by atoms with Gasteiger partial charge in [-0.15, -0.1) is 5.10 Å². The van der Waals surface area contributed by atoms with Gasteiger partial charge in [0.05, 0.1) is 33.6 Å². The van der Waals surface area contributed by atoms with Gasteiger partial charge in [0.25, 0.3) is 0 Å². The number of benzene rings is 2. The maximum absolute atomic E-state index is 12.1. The third kappa shape index (κ3) is 5.41. The standard InChI is InChI=1S/C26H30N6O5/c1-15-23-26(37-19-12-20(34-5)24(36-7)21(13-19)35-6)29-25(30-32(23)16(2)27-15)17-8-10-18(11-9-17)28-22(33)14-31(3)4/h8-13H,14H2,1-7H3,(H,28,33). The van der Waals surface area contributed by atoms with Crippen molar-refractivity contribution in [2.24, 2.45) is 0 Å². The van der Waals surface area contributed by atoms with Crippen molar-refractivity contribution < 1.29 is 23.7 Å². The summed E-state index contributed by atoms with van der Waals surface area (Å²) in [6.07, 6.45) is 0. The van der Waals surface area contributed by atoms with Gasteiger partial charge in [0.2, 0.25) is 17.5 Å². The van der Waals surface area contributed by atoms with E-state index in [1.54, 1.807) is 42.9 Å². The average molecular weight is 507 g/mol. The normalized spacial score (nSPS) is 11.0. The first-order chi connectivity index (χ1) is 17.7. The molecule has 0 saturated heterocycles. The van der Waals surface area contributed by atoms with Gasteiger partial charge >= 0.3 is 0 Å². The molecule has 0 atom stereocenters. The lowest BCUT2D eigenvalue weighted by molar-refractivity contribution is -0.116. The topological polar surface area (TPSA) is 112 Å². The first-order valence-electron chi connectivity index (χ1n) is 11.5. The zero-order valence-electron chi connectivity index (χ0n) is 21.9. The Kier molecular flexibility index (Phi) is 7.44. The van der Waals surface area contributed by atoms with Gasteiger partial charge in [-0.05, 0) is 52.2 Å².